The molecule has 6 nitrogen and oxygen atoms in total. The molecule has 0 spiro atoms. The minimum absolute atomic E-state index is 0.0311. The Balaban J connectivity index is 1.77. The number of carbonyl (C=O) groups is 2. The van der Waals surface area contributed by atoms with Crippen molar-refractivity contribution >= 4 is 12.0 Å². The van der Waals surface area contributed by atoms with Crippen molar-refractivity contribution in [2.45, 2.75) is 51.7 Å². The SMILES string of the molecule is COC1CC(NC(=O)N2CCC(CC(=O)O)CC2)C1(C)C. The summed E-state index contributed by atoms with van der Waals surface area (Å²) in [5.41, 5.74) is -0.0357. The molecule has 2 aliphatic rings. The molecule has 2 amide bonds. The van der Waals surface area contributed by atoms with Crippen molar-refractivity contribution in [3.8, 4) is 0 Å². The second-order valence-corrected chi connectivity index (χ2v) is 6.81. The van der Waals surface area contributed by atoms with E-state index in [-0.39, 0.29) is 35.9 Å². The number of amides is 2. The molecule has 120 valence electrons. The first-order valence-corrected chi connectivity index (χ1v) is 7.64. The van der Waals surface area contributed by atoms with E-state index in [0.717, 1.165) is 19.3 Å². The zero-order chi connectivity index (χ0) is 15.6. The number of ether oxygens (including phenoxy) is 1. The Morgan fingerprint density at radius 2 is 1.95 bits per heavy atom. The molecule has 2 rings (SSSR count). The van der Waals surface area contributed by atoms with Gasteiger partial charge in [-0.05, 0) is 25.2 Å². The quantitative estimate of drug-likeness (QED) is 0.828. The highest BCUT2D eigenvalue weighted by atomic mass is 16.5. The molecule has 0 aromatic rings. The smallest absolute Gasteiger partial charge is 0.317 e. The maximum Gasteiger partial charge on any atom is 0.317 e. The van der Waals surface area contributed by atoms with Crippen LogP contribution in [0, 0.1) is 11.3 Å². The third-order valence-electron chi connectivity index (χ3n) is 5.12. The van der Waals surface area contributed by atoms with Crippen molar-refractivity contribution in [3.63, 3.8) is 0 Å². The molecule has 1 aliphatic heterocycles. The lowest BCUT2D eigenvalue weighted by Crippen LogP contribution is -2.63. The summed E-state index contributed by atoms with van der Waals surface area (Å²) in [6, 6.07) is 0.114. The highest BCUT2D eigenvalue weighted by Crippen LogP contribution is 2.42. The number of nitrogens with zero attached hydrogens (tertiary/aromatic N) is 1. The van der Waals surface area contributed by atoms with Crippen LogP contribution in [0.5, 0.6) is 0 Å². The van der Waals surface area contributed by atoms with Crippen LogP contribution in [-0.2, 0) is 9.53 Å². The number of methoxy groups -OCH3 is 1. The van der Waals surface area contributed by atoms with Gasteiger partial charge in [0.05, 0.1) is 6.10 Å². The van der Waals surface area contributed by atoms with Gasteiger partial charge < -0.3 is 20.1 Å². The second-order valence-electron chi connectivity index (χ2n) is 6.81. The number of aliphatic carboxylic acids is 1. The van der Waals surface area contributed by atoms with Crippen LogP contribution in [0.4, 0.5) is 4.79 Å². The fourth-order valence-electron chi connectivity index (χ4n) is 3.36. The van der Waals surface area contributed by atoms with Crippen LogP contribution in [0.15, 0.2) is 0 Å². The molecule has 0 radical (unpaired) electrons. The van der Waals surface area contributed by atoms with Crippen LogP contribution in [0.3, 0.4) is 0 Å². The minimum atomic E-state index is -0.750. The van der Waals surface area contributed by atoms with Gasteiger partial charge in [-0.1, -0.05) is 13.8 Å². The van der Waals surface area contributed by atoms with Crippen molar-refractivity contribution in [3.05, 3.63) is 0 Å². The van der Waals surface area contributed by atoms with Gasteiger partial charge in [0.1, 0.15) is 0 Å². The van der Waals surface area contributed by atoms with E-state index >= 15 is 0 Å². The van der Waals surface area contributed by atoms with E-state index in [0.29, 0.717) is 13.1 Å². The lowest BCUT2D eigenvalue weighted by atomic mass is 9.64. The molecule has 21 heavy (non-hydrogen) atoms. The van der Waals surface area contributed by atoms with Crippen molar-refractivity contribution in [1.29, 1.82) is 0 Å². The van der Waals surface area contributed by atoms with E-state index in [1.807, 2.05) is 0 Å². The lowest BCUT2D eigenvalue weighted by Gasteiger charge is -2.51. The summed E-state index contributed by atoms with van der Waals surface area (Å²) in [5, 5.41) is 11.9. The first-order valence-electron chi connectivity index (χ1n) is 7.64. The number of likely N-dealkylation sites (tertiary alicyclic amines) is 1. The fourth-order valence-corrected chi connectivity index (χ4v) is 3.36. The molecule has 2 N–H and O–H groups in total. The third kappa shape index (κ3) is 3.48. The van der Waals surface area contributed by atoms with Gasteiger partial charge in [0.15, 0.2) is 0 Å². The van der Waals surface area contributed by atoms with E-state index in [9.17, 15) is 9.59 Å². The summed E-state index contributed by atoms with van der Waals surface area (Å²) in [7, 11) is 1.71. The van der Waals surface area contributed by atoms with Crippen LogP contribution in [0.1, 0.15) is 39.5 Å². The Kier molecular flexibility index (Phi) is 4.76. The molecular formula is C15H26N2O4. The molecule has 6 heteroatoms. The topological polar surface area (TPSA) is 78.9 Å². The summed E-state index contributed by atoms with van der Waals surface area (Å²) >= 11 is 0. The Bertz CT molecular complexity index is 402. The van der Waals surface area contributed by atoms with Crippen molar-refractivity contribution in [2.24, 2.45) is 11.3 Å². The Hall–Kier alpha value is -1.30. The van der Waals surface area contributed by atoms with Crippen LogP contribution in [0.25, 0.3) is 0 Å². The van der Waals surface area contributed by atoms with Gasteiger partial charge in [-0.2, -0.15) is 0 Å². The highest BCUT2D eigenvalue weighted by Gasteiger charge is 2.49. The molecule has 1 saturated heterocycles. The average Bonchev–Trinajstić information content (AvgIpc) is 2.42. The number of carbonyl (C=O) groups excluding carboxylic acids is 1. The first kappa shape index (κ1) is 16.1. The van der Waals surface area contributed by atoms with Gasteiger partial charge >= 0.3 is 12.0 Å². The number of hydrogen-bond acceptors (Lipinski definition) is 3. The largest absolute Gasteiger partial charge is 0.481 e. The number of piperidine rings is 1. The van der Waals surface area contributed by atoms with Crippen LogP contribution >= 0.6 is 0 Å². The number of carboxylic acids is 1. The van der Waals surface area contributed by atoms with E-state index in [1.165, 1.54) is 0 Å². The zero-order valence-electron chi connectivity index (χ0n) is 13.1. The normalized spacial score (nSPS) is 28.8. The van der Waals surface area contributed by atoms with Gasteiger partial charge in [0.25, 0.3) is 0 Å². The van der Waals surface area contributed by atoms with Crippen LogP contribution < -0.4 is 5.32 Å². The van der Waals surface area contributed by atoms with Gasteiger partial charge in [0.2, 0.25) is 0 Å². The molecule has 2 atom stereocenters. The lowest BCUT2D eigenvalue weighted by molar-refractivity contribution is -0.138. The third-order valence-corrected chi connectivity index (χ3v) is 5.12. The summed E-state index contributed by atoms with van der Waals surface area (Å²) in [6.07, 6.45) is 2.80. The molecule has 0 aromatic carbocycles. The number of urea groups is 1. The van der Waals surface area contributed by atoms with Crippen LogP contribution in [0.2, 0.25) is 0 Å². The molecular weight excluding hydrogens is 272 g/mol. The fraction of sp³-hybridized carbons (Fsp3) is 0.867. The predicted molar refractivity (Wildman–Crippen MR) is 78.1 cm³/mol. The maximum atomic E-state index is 12.3. The summed E-state index contributed by atoms with van der Waals surface area (Å²) in [6.45, 7) is 5.50. The molecule has 0 bridgehead atoms. The average molecular weight is 298 g/mol. The van der Waals surface area contributed by atoms with E-state index in [2.05, 4.69) is 19.2 Å². The molecule has 2 fully saturated rings. The Morgan fingerprint density at radius 3 is 2.43 bits per heavy atom. The summed E-state index contributed by atoms with van der Waals surface area (Å²) in [5.74, 6) is -0.552. The van der Waals surface area contributed by atoms with E-state index in [4.69, 9.17) is 9.84 Å². The van der Waals surface area contributed by atoms with Gasteiger partial charge in [-0.25, -0.2) is 4.79 Å². The Morgan fingerprint density at radius 1 is 1.33 bits per heavy atom. The molecule has 1 aliphatic carbocycles. The first-order chi connectivity index (χ1) is 9.84. The van der Waals surface area contributed by atoms with E-state index in [1.54, 1.807) is 12.0 Å². The summed E-state index contributed by atoms with van der Waals surface area (Å²) in [4.78, 5) is 24.8. The number of carboxylic acid groups (broad SMARTS) is 1. The van der Waals surface area contributed by atoms with Crippen molar-refractivity contribution in [1.82, 2.24) is 10.2 Å². The van der Waals surface area contributed by atoms with Crippen LogP contribution in [-0.4, -0.2) is 54.4 Å². The monoisotopic (exact) mass is 298 g/mol. The molecule has 1 heterocycles. The molecule has 1 saturated carbocycles. The second kappa shape index (κ2) is 6.22. The van der Waals surface area contributed by atoms with Gasteiger partial charge in [-0.3, -0.25) is 4.79 Å². The van der Waals surface area contributed by atoms with Crippen molar-refractivity contribution < 1.29 is 19.4 Å². The van der Waals surface area contributed by atoms with E-state index < -0.39 is 5.97 Å². The number of rotatable bonds is 4. The number of nitrogens with one attached hydrogen (secondary N) is 1. The Labute approximate surface area is 125 Å². The maximum absolute atomic E-state index is 12.3. The van der Waals surface area contributed by atoms with Gasteiger partial charge in [0, 0.05) is 38.1 Å². The number of hydrogen-bond donors (Lipinski definition) is 2. The predicted octanol–water partition coefficient (Wildman–Crippen LogP) is 1.70. The summed E-state index contributed by atoms with van der Waals surface area (Å²) < 4.78 is 5.39. The molecule has 2 unspecified atom stereocenters. The molecule has 0 aromatic heterocycles. The standard InChI is InChI=1S/C15H26N2O4/c1-15(2)11(9-12(15)21-3)16-14(20)17-6-4-10(5-7-17)8-13(18)19/h10-12H,4-9H2,1-3H3,(H,16,20)(H,18,19). The highest BCUT2D eigenvalue weighted by molar-refractivity contribution is 5.75. The minimum Gasteiger partial charge on any atom is -0.481 e. The van der Waals surface area contributed by atoms with Gasteiger partial charge in [-0.15, -0.1) is 0 Å². The zero-order valence-corrected chi connectivity index (χ0v) is 13.1. The van der Waals surface area contributed by atoms with Crippen molar-refractivity contribution in [2.75, 3.05) is 20.2 Å².